The highest BCUT2D eigenvalue weighted by Crippen LogP contribution is 2.40. The zero-order valence-corrected chi connectivity index (χ0v) is 24.2. The molecule has 212 valence electrons. The number of methoxy groups -OCH3 is 1. The first-order chi connectivity index (χ1) is 18.5. The Morgan fingerprint density at radius 1 is 0.975 bits per heavy atom. The zero-order valence-electron chi connectivity index (χ0n) is 21.8. The number of fused-ring (bicyclic) bond motifs is 1. The van der Waals surface area contributed by atoms with Crippen LogP contribution in [0.2, 0.25) is 0 Å². The van der Waals surface area contributed by atoms with E-state index in [9.17, 15) is 26.4 Å². The van der Waals surface area contributed by atoms with E-state index < -0.39 is 33.5 Å². The van der Waals surface area contributed by atoms with Crippen molar-refractivity contribution in [2.24, 2.45) is 5.73 Å². The first kappa shape index (κ1) is 29.3. The number of amides is 1. The highest BCUT2D eigenvalue weighted by molar-refractivity contribution is 9.10. The van der Waals surface area contributed by atoms with E-state index in [4.69, 9.17) is 10.5 Å². The minimum atomic E-state index is -4.89. The molecule has 0 atom stereocenters. The number of benzene rings is 3. The monoisotopic (exact) mass is 639 g/mol. The van der Waals surface area contributed by atoms with Crippen molar-refractivity contribution >= 4 is 48.5 Å². The van der Waals surface area contributed by atoms with Gasteiger partial charge in [0, 0.05) is 27.0 Å². The molecular formula is C27H25BrF3N3O5S. The number of sulfonamides is 1. The SMILES string of the molecule is COc1cc(OC(F)(F)F)cc(C(C)(C)c2cc(Br)cc(-n3c(C(N)=O)cc4ccc(NS(C)(=O)=O)cc43)c2)c1. The molecular weight excluding hydrogens is 615 g/mol. The van der Waals surface area contributed by atoms with Crippen molar-refractivity contribution in [2.45, 2.75) is 25.6 Å². The van der Waals surface area contributed by atoms with Crippen LogP contribution in [-0.2, 0) is 15.4 Å². The number of halogens is 4. The Morgan fingerprint density at radius 3 is 2.23 bits per heavy atom. The Morgan fingerprint density at radius 2 is 1.62 bits per heavy atom. The van der Waals surface area contributed by atoms with E-state index >= 15 is 0 Å². The molecule has 0 saturated heterocycles. The fourth-order valence-corrected chi connectivity index (χ4v) is 5.45. The molecule has 8 nitrogen and oxygen atoms in total. The number of carbonyl (C=O) groups excluding carboxylic acids is 1. The quantitative estimate of drug-likeness (QED) is 0.242. The van der Waals surface area contributed by atoms with Crippen LogP contribution in [0.1, 0.15) is 35.5 Å². The summed E-state index contributed by atoms with van der Waals surface area (Å²) in [6, 6.07) is 15.8. The van der Waals surface area contributed by atoms with Gasteiger partial charge in [-0.05, 0) is 59.7 Å². The van der Waals surface area contributed by atoms with Gasteiger partial charge in [0.05, 0.1) is 24.6 Å². The maximum Gasteiger partial charge on any atom is 0.573 e. The smallest absolute Gasteiger partial charge is 0.497 e. The number of ether oxygens (including phenoxy) is 2. The van der Waals surface area contributed by atoms with Crippen LogP contribution < -0.4 is 19.9 Å². The fourth-order valence-electron chi connectivity index (χ4n) is 4.41. The lowest BCUT2D eigenvalue weighted by atomic mass is 9.78. The number of rotatable bonds is 8. The Kier molecular flexibility index (Phi) is 7.58. The van der Waals surface area contributed by atoms with Crippen LogP contribution in [-0.4, -0.2) is 38.6 Å². The number of hydrogen-bond donors (Lipinski definition) is 2. The van der Waals surface area contributed by atoms with Gasteiger partial charge in [-0.15, -0.1) is 13.2 Å². The molecule has 1 aromatic heterocycles. The number of nitrogens with two attached hydrogens (primary N) is 1. The van der Waals surface area contributed by atoms with Crippen LogP contribution >= 0.6 is 15.9 Å². The fraction of sp³-hybridized carbons (Fsp3) is 0.222. The van der Waals surface area contributed by atoms with Gasteiger partial charge >= 0.3 is 6.36 Å². The van der Waals surface area contributed by atoms with Crippen molar-refractivity contribution in [3.8, 4) is 17.2 Å². The third-order valence-electron chi connectivity index (χ3n) is 6.29. The first-order valence-electron chi connectivity index (χ1n) is 11.7. The van der Waals surface area contributed by atoms with E-state index in [2.05, 4.69) is 25.4 Å². The molecule has 4 aromatic rings. The van der Waals surface area contributed by atoms with Crippen LogP contribution in [0.25, 0.3) is 16.6 Å². The maximum atomic E-state index is 13.0. The number of anilines is 1. The molecule has 0 unspecified atom stereocenters. The molecule has 1 amide bonds. The molecule has 0 radical (unpaired) electrons. The molecule has 13 heteroatoms. The van der Waals surface area contributed by atoms with Gasteiger partial charge in [0.2, 0.25) is 10.0 Å². The summed E-state index contributed by atoms with van der Waals surface area (Å²) in [5, 5.41) is 0.635. The number of hydrogen-bond acceptors (Lipinski definition) is 5. The molecule has 3 N–H and O–H groups in total. The summed E-state index contributed by atoms with van der Waals surface area (Å²) in [5.74, 6) is -0.960. The van der Waals surface area contributed by atoms with E-state index in [1.807, 2.05) is 13.8 Å². The van der Waals surface area contributed by atoms with Gasteiger partial charge in [0.1, 0.15) is 17.2 Å². The Bertz CT molecular complexity index is 1730. The number of carbonyl (C=O) groups is 1. The van der Waals surface area contributed by atoms with Gasteiger partial charge in [-0.2, -0.15) is 0 Å². The number of alkyl halides is 3. The van der Waals surface area contributed by atoms with Crippen LogP contribution in [0, 0.1) is 0 Å². The topological polar surface area (TPSA) is 113 Å². The van der Waals surface area contributed by atoms with Crippen molar-refractivity contribution in [1.82, 2.24) is 4.57 Å². The van der Waals surface area contributed by atoms with Crippen LogP contribution in [0.4, 0.5) is 18.9 Å². The standard InChI is InChI=1S/C27H25BrF3N3O5S/c1-26(2,17-10-21(38-3)14-22(11-17)39-27(29,30)31)16-8-18(28)12-20(9-16)34-23-13-19(33-40(4,36)37)6-5-15(23)7-24(34)25(32)35/h5-14,33H,1-4H3,(H2,32,35). The lowest BCUT2D eigenvalue weighted by Crippen LogP contribution is -2.22. The van der Waals surface area contributed by atoms with Crippen LogP contribution in [0.15, 0.2) is 65.1 Å². The summed E-state index contributed by atoms with van der Waals surface area (Å²) >= 11 is 3.51. The van der Waals surface area contributed by atoms with Crippen LogP contribution in [0.5, 0.6) is 11.5 Å². The van der Waals surface area contributed by atoms with Gasteiger partial charge in [-0.25, -0.2) is 8.42 Å². The van der Waals surface area contributed by atoms with E-state index in [1.54, 1.807) is 53.1 Å². The summed E-state index contributed by atoms with van der Waals surface area (Å²) in [4.78, 5) is 12.4. The molecule has 0 saturated carbocycles. The minimum absolute atomic E-state index is 0.149. The van der Waals surface area contributed by atoms with Gasteiger partial charge in [0.25, 0.3) is 5.91 Å². The van der Waals surface area contributed by atoms with E-state index in [0.29, 0.717) is 32.2 Å². The highest BCUT2D eigenvalue weighted by atomic mass is 79.9. The normalized spacial score (nSPS) is 12.4. The zero-order chi connectivity index (χ0) is 29.6. The molecule has 0 aliphatic rings. The van der Waals surface area contributed by atoms with E-state index in [1.165, 1.54) is 13.2 Å². The van der Waals surface area contributed by atoms with Crippen molar-refractivity contribution in [2.75, 3.05) is 18.1 Å². The average molecular weight is 640 g/mol. The second-order valence-corrected chi connectivity index (χ2v) is 12.3. The minimum Gasteiger partial charge on any atom is -0.497 e. The predicted octanol–water partition coefficient (Wildman–Crippen LogP) is 6.10. The molecule has 1 heterocycles. The summed E-state index contributed by atoms with van der Waals surface area (Å²) in [5.41, 5.74) is 7.42. The van der Waals surface area contributed by atoms with E-state index in [-0.39, 0.29) is 17.1 Å². The number of nitrogens with zero attached hydrogens (tertiary/aromatic N) is 1. The first-order valence-corrected chi connectivity index (χ1v) is 14.3. The molecule has 0 aliphatic carbocycles. The second-order valence-electron chi connectivity index (χ2n) is 9.65. The third-order valence-corrected chi connectivity index (χ3v) is 7.36. The summed E-state index contributed by atoms with van der Waals surface area (Å²) in [6.07, 6.45) is -3.86. The maximum absolute atomic E-state index is 13.0. The Balaban J connectivity index is 1.91. The van der Waals surface area contributed by atoms with Crippen molar-refractivity contribution in [1.29, 1.82) is 0 Å². The van der Waals surface area contributed by atoms with Crippen molar-refractivity contribution in [3.05, 3.63) is 82.0 Å². The number of primary amides is 1. The van der Waals surface area contributed by atoms with E-state index in [0.717, 1.165) is 12.3 Å². The van der Waals surface area contributed by atoms with Crippen LogP contribution in [0.3, 0.4) is 0 Å². The summed E-state index contributed by atoms with van der Waals surface area (Å²) < 4.78 is 76.6. The highest BCUT2D eigenvalue weighted by Gasteiger charge is 2.33. The van der Waals surface area contributed by atoms with Gasteiger partial charge in [-0.1, -0.05) is 35.8 Å². The molecule has 4 rings (SSSR count). The molecule has 3 aromatic carbocycles. The van der Waals surface area contributed by atoms with Gasteiger partial charge in [0.15, 0.2) is 0 Å². The third kappa shape index (κ3) is 6.36. The summed E-state index contributed by atoms with van der Waals surface area (Å²) in [6.45, 7) is 3.64. The summed E-state index contributed by atoms with van der Waals surface area (Å²) in [7, 11) is -2.22. The predicted molar refractivity (Wildman–Crippen MR) is 150 cm³/mol. The Labute approximate surface area is 237 Å². The van der Waals surface area contributed by atoms with Crippen molar-refractivity contribution in [3.63, 3.8) is 0 Å². The molecule has 0 spiro atoms. The molecule has 0 bridgehead atoms. The Hall–Kier alpha value is -3.71. The molecule has 0 fully saturated rings. The lowest BCUT2D eigenvalue weighted by Gasteiger charge is -2.28. The second kappa shape index (κ2) is 10.4. The molecule has 0 aliphatic heterocycles. The van der Waals surface area contributed by atoms with Gasteiger partial charge < -0.3 is 19.8 Å². The average Bonchev–Trinajstić information content (AvgIpc) is 3.20. The number of aromatic nitrogens is 1. The molecule has 40 heavy (non-hydrogen) atoms. The van der Waals surface area contributed by atoms with Gasteiger partial charge in [-0.3, -0.25) is 9.52 Å². The lowest BCUT2D eigenvalue weighted by molar-refractivity contribution is -0.274. The number of nitrogens with one attached hydrogen (secondary N) is 1. The van der Waals surface area contributed by atoms with Crippen molar-refractivity contribution < 1.29 is 35.9 Å². The largest absolute Gasteiger partial charge is 0.573 e.